The van der Waals surface area contributed by atoms with Gasteiger partial charge in [-0.25, -0.2) is 4.79 Å². The number of aliphatic carboxylic acids is 1. The second-order valence-corrected chi connectivity index (χ2v) is 3.52. The van der Waals surface area contributed by atoms with Gasteiger partial charge in [0.2, 0.25) is 0 Å². The number of aryl methyl sites for hydroxylation is 2. The van der Waals surface area contributed by atoms with Crippen molar-refractivity contribution in [1.82, 2.24) is 0 Å². The predicted molar refractivity (Wildman–Crippen MR) is 55.2 cm³/mol. The lowest BCUT2D eigenvalue weighted by atomic mass is 10.0. The van der Waals surface area contributed by atoms with Crippen molar-refractivity contribution in [2.24, 2.45) is 0 Å². The number of benzene rings is 1. The lowest BCUT2D eigenvalue weighted by Gasteiger charge is -2.09. The van der Waals surface area contributed by atoms with Crippen LogP contribution in [0.3, 0.4) is 0 Å². The van der Waals surface area contributed by atoms with Gasteiger partial charge < -0.3 is 10.2 Å². The lowest BCUT2D eigenvalue weighted by Crippen LogP contribution is -2.13. The van der Waals surface area contributed by atoms with Gasteiger partial charge in [0.05, 0.1) is 10.5 Å². The Morgan fingerprint density at radius 3 is 2.44 bits per heavy atom. The molecule has 0 aliphatic carbocycles. The van der Waals surface area contributed by atoms with E-state index in [4.69, 9.17) is 5.11 Å². The SMILES string of the molecule is Cc1cc(C)c([N+](=O)[O-])c(C(O)C(=O)O)c1. The maximum atomic E-state index is 10.8. The van der Waals surface area contributed by atoms with Gasteiger partial charge in [0.25, 0.3) is 5.69 Å². The molecular formula is C10H11NO5. The lowest BCUT2D eigenvalue weighted by molar-refractivity contribution is -0.386. The Balaban J connectivity index is 3.46. The third-order valence-corrected chi connectivity index (χ3v) is 2.19. The number of rotatable bonds is 3. The molecular weight excluding hydrogens is 214 g/mol. The number of nitro groups is 1. The Morgan fingerprint density at radius 1 is 1.44 bits per heavy atom. The summed E-state index contributed by atoms with van der Waals surface area (Å²) in [6, 6.07) is 2.88. The minimum atomic E-state index is -1.88. The van der Waals surface area contributed by atoms with E-state index in [9.17, 15) is 20.0 Å². The first-order valence-corrected chi connectivity index (χ1v) is 4.51. The number of hydrogen-bond donors (Lipinski definition) is 2. The van der Waals surface area contributed by atoms with Crippen LogP contribution in [0.25, 0.3) is 0 Å². The fourth-order valence-electron chi connectivity index (χ4n) is 1.58. The summed E-state index contributed by atoms with van der Waals surface area (Å²) in [5.74, 6) is -1.51. The second kappa shape index (κ2) is 4.28. The summed E-state index contributed by atoms with van der Waals surface area (Å²) < 4.78 is 0. The van der Waals surface area contributed by atoms with E-state index in [0.29, 0.717) is 11.1 Å². The van der Waals surface area contributed by atoms with Crippen molar-refractivity contribution >= 4 is 11.7 Å². The standard InChI is InChI=1S/C10H11NO5/c1-5-3-6(2)8(11(15)16)7(4-5)9(12)10(13)14/h3-4,9,12H,1-2H3,(H,13,14). The molecule has 6 nitrogen and oxygen atoms in total. The smallest absolute Gasteiger partial charge is 0.337 e. The zero-order chi connectivity index (χ0) is 12.5. The zero-order valence-electron chi connectivity index (χ0n) is 8.80. The number of aliphatic hydroxyl groups is 1. The number of nitro benzene ring substituents is 1. The minimum Gasteiger partial charge on any atom is -0.479 e. The van der Waals surface area contributed by atoms with Crippen molar-refractivity contribution < 1.29 is 19.9 Å². The van der Waals surface area contributed by atoms with Crippen molar-refractivity contribution in [1.29, 1.82) is 0 Å². The van der Waals surface area contributed by atoms with Crippen molar-refractivity contribution in [3.05, 3.63) is 38.9 Å². The van der Waals surface area contributed by atoms with Gasteiger partial charge in [-0.2, -0.15) is 0 Å². The van der Waals surface area contributed by atoms with Crippen LogP contribution in [-0.2, 0) is 4.79 Å². The average Bonchev–Trinajstić information content (AvgIpc) is 2.14. The Bertz CT molecular complexity index is 455. The zero-order valence-corrected chi connectivity index (χ0v) is 8.80. The van der Waals surface area contributed by atoms with Crippen LogP contribution in [0.5, 0.6) is 0 Å². The molecule has 0 amide bonds. The molecule has 86 valence electrons. The Morgan fingerprint density at radius 2 is 2.00 bits per heavy atom. The third-order valence-electron chi connectivity index (χ3n) is 2.19. The largest absolute Gasteiger partial charge is 0.479 e. The van der Waals surface area contributed by atoms with Crippen molar-refractivity contribution in [3.8, 4) is 0 Å². The average molecular weight is 225 g/mol. The number of carboxylic acids is 1. The topological polar surface area (TPSA) is 101 Å². The molecule has 2 N–H and O–H groups in total. The number of hydrogen-bond acceptors (Lipinski definition) is 4. The van der Waals surface area contributed by atoms with Crippen molar-refractivity contribution in [3.63, 3.8) is 0 Å². The van der Waals surface area contributed by atoms with Crippen LogP contribution in [0.2, 0.25) is 0 Å². The molecule has 0 saturated carbocycles. The van der Waals surface area contributed by atoms with Gasteiger partial charge in [-0.1, -0.05) is 0 Å². The molecule has 6 heteroatoms. The van der Waals surface area contributed by atoms with E-state index in [1.807, 2.05) is 0 Å². The summed E-state index contributed by atoms with van der Waals surface area (Å²) in [6.07, 6.45) is -1.88. The highest BCUT2D eigenvalue weighted by molar-refractivity contribution is 5.76. The number of nitrogens with zero attached hydrogens (tertiary/aromatic N) is 1. The maximum absolute atomic E-state index is 10.8. The Hall–Kier alpha value is -1.95. The van der Waals surface area contributed by atoms with Crippen LogP contribution in [0.15, 0.2) is 12.1 Å². The summed E-state index contributed by atoms with van der Waals surface area (Å²) in [5.41, 5.74) is 0.467. The summed E-state index contributed by atoms with van der Waals surface area (Å²) in [7, 11) is 0. The molecule has 0 aromatic heterocycles. The molecule has 1 aromatic carbocycles. The Labute approximate surface area is 91.3 Å². The summed E-state index contributed by atoms with van der Waals surface area (Å²) in [4.78, 5) is 20.7. The van der Waals surface area contributed by atoms with E-state index in [2.05, 4.69) is 0 Å². The molecule has 0 heterocycles. The van der Waals surface area contributed by atoms with E-state index in [1.54, 1.807) is 13.0 Å². The summed E-state index contributed by atoms with van der Waals surface area (Å²) >= 11 is 0. The first kappa shape index (κ1) is 12.1. The molecule has 0 saturated heterocycles. The third kappa shape index (κ3) is 2.17. The summed E-state index contributed by atoms with van der Waals surface area (Å²) in [5, 5.41) is 28.8. The highest BCUT2D eigenvalue weighted by atomic mass is 16.6. The molecule has 16 heavy (non-hydrogen) atoms. The van der Waals surface area contributed by atoms with Crippen LogP contribution < -0.4 is 0 Å². The van der Waals surface area contributed by atoms with Crippen LogP contribution >= 0.6 is 0 Å². The molecule has 1 unspecified atom stereocenters. The second-order valence-electron chi connectivity index (χ2n) is 3.52. The first-order chi connectivity index (χ1) is 7.34. The first-order valence-electron chi connectivity index (χ1n) is 4.51. The van der Waals surface area contributed by atoms with E-state index < -0.39 is 17.0 Å². The molecule has 0 bridgehead atoms. The van der Waals surface area contributed by atoms with Crippen molar-refractivity contribution in [2.75, 3.05) is 0 Å². The molecule has 0 aliphatic heterocycles. The number of carbonyl (C=O) groups is 1. The maximum Gasteiger partial charge on any atom is 0.337 e. The molecule has 1 atom stereocenters. The van der Waals surface area contributed by atoms with Gasteiger partial charge in [-0.15, -0.1) is 0 Å². The highest BCUT2D eigenvalue weighted by Gasteiger charge is 2.27. The van der Waals surface area contributed by atoms with Crippen LogP contribution in [0, 0.1) is 24.0 Å². The van der Waals surface area contributed by atoms with Gasteiger partial charge in [-0.05, 0) is 31.5 Å². The molecule has 0 fully saturated rings. The Kier molecular flexibility index (Phi) is 3.24. The predicted octanol–water partition coefficient (Wildman–Crippen LogP) is 1.33. The molecule has 1 rings (SSSR count). The van der Waals surface area contributed by atoms with Gasteiger partial charge in [0.15, 0.2) is 6.10 Å². The van der Waals surface area contributed by atoms with Crippen LogP contribution in [0.4, 0.5) is 5.69 Å². The highest BCUT2D eigenvalue weighted by Crippen LogP contribution is 2.30. The van der Waals surface area contributed by atoms with E-state index in [1.165, 1.54) is 13.0 Å². The van der Waals surface area contributed by atoms with Gasteiger partial charge in [0, 0.05) is 5.56 Å². The van der Waals surface area contributed by atoms with Gasteiger partial charge in [-0.3, -0.25) is 10.1 Å². The molecule has 0 spiro atoms. The summed E-state index contributed by atoms with van der Waals surface area (Å²) in [6.45, 7) is 3.18. The normalized spacial score (nSPS) is 12.2. The van der Waals surface area contributed by atoms with Crippen LogP contribution in [0.1, 0.15) is 22.8 Å². The number of aliphatic hydroxyl groups excluding tert-OH is 1. The van der Waals surface area contributed by atoms with E-state index >= 15 is 0 Å². The quantitative estimate of drug-likeness (QED) is 0.597. The van der Waals surface area contributed by atoms with Crippen LogP contribution in [-0.4, -0.2) is 21.1 Å². The van der Waals surface area contributed by atoms with Crippen molar-refractivity contribution in [2.45, 2.75) is 20.0 Å². The fraction of sp³-hybridized carbons (Fsp3) is 0.300. The van der Waals surface area contributed by atoms with E-state index in [0.717, 1.165) is 0 Å². The molecule has 0 aliphatic rings. The molecule has 1 aromatic rings. The fourth-order valence-corrected chi connectivity index (χ4v) is 1.58. The number of carboxylic acid groups (broad SMARTS) is 1. The minimum absolute atomic E-state index is 0.185. The van der Waals surface area contributed by atoms with Gasteiger partial charge in [0.1, 0.15) is 0 Å². The molecule has 0 radical (unpaired) electrons. The van der Waals surface area contributed by atoms with E-state index in [-0.39, 0.29) is 11.3 Å². The monoisotopic (exact) mass is 225 g/mol. The van der Waals surface area contributed by atoms with Gasteiger partial charge >= 0.3 is 5.97 Å².